The summed E-state index contributed by atoms with van der Waals surface area (Å²) in [6, 6.07) is 9.32. The van der Waals surface area contributed by atoms with Crippen LogP contribution in [0.4, 0.5) is 0 Å². The summed E-state index contributed by atoms with van der Waals surface area (Å²) in [7, 11) is 0. The minimum atomic E-state index is -0.810. The fourth-order valence-electron chi connectivity index (χ4n) is 2.16. The second-order valence-corrected chi connectivity index (χ2v) is 4.62. The number of aliphatic carboxylic acids is 1. The molecule has 1 amide bonds. The Morgan fingerprint density at radius 3 is 2.74 bits per heavy atom. The van der Waals surface area contributed by atoms with Crippen LogP contribution < -0.4 is 0 Å². The highest BCUT2D eigenvalue weighted by Gasteiger charge is 2.26. The van der Waals surface area contributed by atoms with Gasteiger partial charge in [-0.1, -0.05) is 24.1 Å². The van der Waals surface area contributed by atoms with E-state index in [9.17, 15) is 9.59 Å². The van der Waals surface area contributed by atoms with E-state index >= 15 is 0 Å². The average Bonchev–Trinajstić information content (AvgIpc) is 2.85. The summed E-state index contributed by atoms with van der Waals surface area (Å²) < 4.78 is 0. The molecule has 4 nitrogen and oxygen atoms in total. The Balaban J connectivity index is 1.92. The molecule has 1 saturated heterocycles. The third-order valence-electron chi connectivity index (χ3n) is 3.12. The standard InChI is InChI=1S/C15H15NO3/c17-14(7-6-12-4-2-1-3-5-12)16-9-8-13(11-16)10-15(18)19/h1-5,13H,8-11H2,(H,18,19). The fourth-order valence-corrected chi connectivity index (χ4v) is 2.16. The van der Waals surface area contributed by atoms with E-state index in [1.807, 2.05) is 30.3 Å². The first-order valence-electron chi connectivity index (χ1n) is 6.23. The van der Waals surface area contributed by atoms with Crippen LogP contribution in [0.5, 0.6) is 0 Å². The Labute approximate surface area is 112 Å². The van der Waals surface area contributed by atoms with Gasteiger partial charge >= 0.3 is 5.97 Å². The molecule has 1 N–H and O–H groups in total. The normalized spacial score (nSPS) is 17.7. The van der Waals surface area contributed by atoms with E-state index in [1.165, 1.54) is 0 Å². The molecule has 1 fully saturated rings. The van der Waals surface area contributed by atoms with Crippen molar-refractivity contribution in [3.63, 3.8) is 0 Å². The predicted octanol–water partition coefficient (Wildman–Crippen LogP) is 1.36. The van der Waals surface area contributed by atoms with Gasteiger partial charge in [0, 0.05) is 31.0 Å². The first-order chi connectivity index (χ1) is 9.15. The average molecular weight is 257 g/mol. The second-order valence-electron chi connectivity index (χ2n) is 4.62. The lowest BCUT2D eigenvalue weighted by Gasteiger charge is -2.11. The Bertz CT molecular complexity index is 527. The zero-order chi connectivity index (χ0) is 13.7. The quantitative estimate of drug-likeness (QED) is 0.814. The van der Waals surface area contributed by atoms with Gasteiger partial charge in [0.1, 0.15) is 0 Å². The highest BCUT2D eigenvalue weighted by molar-refractivity contribution is 5.94. The molecule has 1 atom stereocenters. The fraction of sp³-hybridized carbons (Fsp3) is 0.333. The van der Waals surface area contributed by atoms with Gasteiger partial charge in [-0.15, -0.1) is 0 Å². The van der Waals surface area contributed by atoms with Gasteiger partial charge in [0.05, 0.1) is 0 Å². The van der Waals surface area contributed by atoms with Gasteiger partial charge in [-0.3, -0.25) is 9.59 Å². The van der Waals surface area contributed by atoms with E-state index in [4.69, 9.17) is 5.11 Å². The Hall–Kier alpha value is -2.28. The molecule has 0 aliphatic carbocycles. The van der Waals surface area contributed by atoms with Crippen LogP contribution in [0.3, 0.4) is 0 Å². The number of carboxylic acid groups (broad SMARTS) is 1. The Kier molecular flexibility index (Phi) is 4.19. The zero-order valence-electron chi connectivity index (χ0n) is 10.5. The molecule has 1 aromatic carbocycles. The molecule has 4 heteroatoms. The summed E-state index contributed by atoms with van der Waals surface area (Å²) in [6.07, 6.45) is 0.862. The number of rotatable bonds is 2. The van der Waals surface area contributed by atoms with E-state index in [-0.39, 0.29) is 18.2 Å². The van der Waals surface area contributed by atoms with Crippen molar-refractivity contribution in [2.45, 2.75) is 12.8 Å². The molecule has 1 unspecified atom stereocenters. The first-order valence-corrected chi connectivity index (χ1v) is 6.23. The van der Waals surface area contributed by atoms with Crippen LogP contribution in [0.2, 0.25) is 0 Å². The smallest absolute Gasteiger partial charge is 0.303 e. The van der Waals surface area contributed by atoms with Crippen LogP contribution in [0.15, 0.2) is 30.3 Å². The first kappa shape index (κ1) is 13.2. The van der Waals surface area contributed by atoms with Crippen molar-refractivity contribution in [1.82, 2.24) is 4.90 Å². The Morgan fingerprint density at radius 1 is 1.32 bits per heavy atom. The number of hydrogen-bond acceptors (Lipinski definition) is 2. The molecule has 0 radical (unpaired) electrons. The largest absolute Gasteiger partial charge is 0.481 e. The van der Waals surface area contributed by atoms with Gasteiger partial charge in [-0.25, -0.2) is 0 Å². The molecule has 0 saturated carbocycles. The Morgan fingerprint density at radius 2 is 2.05 bits per heavy atom. The second kappa shape index (κ2) is 6.05. The van der Waals surface area contributed by atoms with Crippen molar-refractivity contribution >= 4 is 11.9 Å². The van der Waals surface area contributed by atoms with Gasteiger partial charge in [0.15, 0.2) is 0 Å². The summed E-state index contributed by atoms with van der Waals surface area (Å²) >= 11 is 0. The van der Waals surface area contributed by atoms with Crippen molar-refractivity contribution < 1.29 is 14.7 Å². The van der Waals surface area contributed by atoms with Gasteiger partial charge in [-0.05, 0) is 24.5 Å². The molecule has 98 valence electrons. The zero-order valence-corrected chi connectivity index (χ0v) is 10.5. The molecule has 0 aromatic heterocycles. The van der Waals surface area contributed by atoms with Crippen LogP contribution in [-0.2, 0) is 9.59 Å². The molecule has 2 rings (SSSR count). The summed E-state index contributed by atoms with van der Waals surface area (Å²) in [5, 5.41) is 8.72. The number of carbonyl (C=O) groups is 2. The van der Waals surface area contributed by atoms with E-state index in [0.717, 1.165) is 12.0 Å². The minimum Gasteiger partial charge on any atom is -0.481 e. The van der Waals surface area contributed by atoms with E-state index in [0.29, 0.717) is 13.1 Å². The number of hydrogen-bond donors (Lipinski definition) is 1. The van der Waals surface area contributed by atoms with Gasteiger partial charge in [-0.2, -0.15) is 0 Å². The van der Waals surface area contributed by atoms with Crippen LogP contribution in [0, 0.1) is 17.8 Å². The van der Waals surface area contributed by atoms with Gasteiger partial charge in [0.25, 0.3) is 5.91 Å². The number of carbonyl (C=O) groups excluding carboxylic acids is 1. The molecule has 0 spiro atoms. The minimum absolute atomic E-state index is 0.0555. The molecule has 19 heavy (non-hydrogen) atoms. The predicted molar refractivity (Wildman–Crippen MR) is 70.3 cm³/mol. The lowest BCUT2D eigenvalue weighted by atomic mass is 10.1. The van der Waals surface area contributed by atoms with Crippen LogP contribution in [0.25, 0.3) is 0 Å². The number of carboxylic acids is 1. The summed E-state index contributed by atoms with van der Waals surface area (Å²) in [6.45, 7) is 1.09. The lowest BCUT2D eigenvalue weighted by Crippen LogP contribution is -2.27. The molecular weight excluding hydrogens is 242 g/mol. The third-order valence-corrected chi connectivity index (χ3v) is 3.12. The maximum Gasteiger partial charge on any atom is 0.303 e. The van der Waals surface area contributed by atoms with Gasteiger partial charge < -0.3 is 10.0 Å². The number of nitrogens with zero attached hydrogens (tertiary/aromatic N) is 1. The monoisotopic (exact) mass is 257 g/mol. The summed E-state index contributed by atoms with van der Waals surface area (Å²) in [5.41, 5.74) is 0.803. The molecule has 1 heterocycles. The van der Waals surface area contributed by atoms with Crippen LogP contribution >= 0.6 is 0 Å². The van der Waals surface area contributed by atoms with Gasteiger partial charge in [0.2, 0.25) is 0 Å². The lowest BCUT2D eigenvalue weighted by molar-refractivity contribution is -0.138. The molecule has 1 aromatic rings. The highest BCUT2D eigenvalue weighted by atomic mass is 16.4. The van der Waals surface area contributed by atoms with Crippen molar-refractivity contribution in [3.8, 4) is 11.8 Å². The molecule has 1 aliphatic rings. The SMILES string of the molecule is O=C(O)CC1CCN(C(=O)C#Cc2ccccc2)C1. The van der Waals surface area contributed by atoms with Crippen LogP contribution in [0.1, 0.15) is 18.4 Å². The molecule has 1 aliphatic heterocycles. The van der Waals surface area contributed by atoms with Crippen LogP contribution in [-0.4, -0.2) is 35.0 Å². The van der Waals surface area contributed by atoms with Crippen molar-refractivity contribution in [3.05, 3.63) is 35.9 Å². The third kappa shape index (κ3) is 3.85. The molecule has 0 bridgehead atoms. The van der Waals surface area contributed by atoms with E-state index < -0.39 is 5.97 Å². The van der Waals surface area contributed by atoms with E-state index in [1.54, 1.807) is 4.90 Å². The number of benzene rings is 1. The van der Waals surface area contributed by atoms with Crippen molar-refractivity contribution in [2.24, 2.45) is 5.92 Å². The number of likely N-dealkylation sites (tertiary alicyclic amines) is 1. The summed E-state index contributed by atoms with van der Waals surface area (Å²) in [5.74, 6) is 4.44. The topological polar surface area (TPSA) is 57.6 Å². The molecular formula is C15H15NO3. The van der Waals surface area contributed by atoms with Crippen molar-refractivity contribution in [2.75, 3.05) is 13.1 Å². The number of amides is 1. The maximum atomic E-state index is 11.9. The summed E-state index contributed by atoms with van der Waals surface area (Å²) in [4.78, 5) is 24.1. The maximum absolute atomic E-state index is 11.9. The van der Waals surface area contributed by atoms with Crippen molar-refractivity contribution in [1.29, 1.82) is 0 Å². The van der Waals surface area contributed by atoms with E-state index in [2.05, 4.69) is 11.8 Å². The highest BCUT2D eigenvalue weighted by Crippen LogP contribution is 2.19.